The lowest BCUT2D eigenvalue weighted by atomic mass is 9.96. The van der Waals surface area contributed by atoms with Gasteiger partial charge in [-0.3, -0.25) is 9.88 Å². The van der Waals surface area contributed by atoms with Crippen molar-refractivity contribution in [1.29, 1.82) is 0 Å². The standard InChI is InChI=1S/C17H18F2N2/c18-15-7-6-13(10-16(15)19)12-21-9-2-1-5-17(21)14-4-3-8-20-11-14/h3-4,6-8,10-11,17H,1-2,5,9,12H2/t17-/m1/s1. The molecule has 1 aliphatic heterocycles. The van der Waals surface area contributed by atoms with Crippen LogP contribution in [0.25, 0.3) is 0 Å². The molecule has 1 atom stereocenters. The summed E-state index contributed by atoms with van der Waals surface area (Å²) in [5.41, 5.74) is 2.00. The van der Waals surface area contributed by atoms with Crippen molar-refractivity contribution in [2.24, 2.45) is 0 Å². The maximum Gasteiger partial charge on any atom is 0.159 e. The first-order valence-electron chi connectivity index (χ1n) is 7.32. The summed E-state index contributed by atoms with van der Waals surface area (Å²) in [5, 5.41) is 0. The van der Waals surface area contributed by atoms with Gasteiger partial charge in [-0.1, -0.05) is 18.6 Å². The van der Waals surface area contributed by atoms with Gasteiger partial charge in [-0.15, -0.1) is 0 Å². The normalized spacial score (nSPS) is 19.6. The van der Waals surface area contributed by atoms with Crippen LogP contribution in [0.15, 0.2) is 42.7 Å². The number of halogens is 2. The molecule has 0 bridgehead atoms. The summed E-state index contributed by atoms with van der Waals surface area (Å²) in [6, 6.07) is 8.49. The monoisotopic (exact) mass is 288 g/mol. The fourth-order valence-electron chi connectivity index (χ4n) is 3.00. The first kappa shape index (κ1) is 14.1. The second kappa shape index (κ2) is 6.31. The molecular formula is C17H18F2N2. The highest BCUT2D eigenvalue weighted by Gasteiger charge is 2.24. The molecular weight excluding hydrogens is 270 g/mol. The first-order chi connectivity index (χ1) is 10.2. The minimum absolute atomic E-state index is 0.306. The van der Waals surface area contributed by atoms with Gasteiger partial charge in [0.1, 0.15) is 0 Å². The van der Waals surface area contributed by atoms with Crippen LogP contribution in [0.4, 0.5) is 8.78 Å². The highest BCUT2D eigenvalue weighted by Crippen LogP contribution is 2.31. The molecule has 0 radical (unpaired) electrons. The number of likely N-dealkylation sites (tertiary alicyclic amines) is 1. The van der Waals surface area contributed by atoms with Gasteiger partial charge in [-0.25, -0.2) is 8.78 Å². The van der Waals surface area contributed by atoms with E-state index in [1.54, 1.807) is 12.3 Å². The van der Waals surface area contributed by atoms with Crippen LogP contribution >= 0.6 is 0 Å². The molecule has 0 aliphatic carbocycles. The summed E-state index contributed by atoms with van der Waals surface area (Å²) in [5.74, 6) is -1.57. The summed E-state index contributed by atoms with van der Waals surface area (Å²) in [6.45, 7) is 1.61. The Morgan fingerprint density at radius 2 is 2.05 bits per heavy atom. The smallest absolute Gasteiger partial charge is 0.159 e. The van der Waals surface area contributed by atoms with Crippen LogP contribution in [0.2, 0.25) is 0 Å². The lowest BCUT2D eigenvalue weighted by Crippen LogP contribution is -2.33. The van der Waals surface area contributed by atoms with Crippen LogP contribution in [-0.4, -0.2) is 16.4 Å². The maximum atomic E-state index is 13.3. The molecule has 2 heterocycles. The fraction of sp³-hybridized carbons (Fsp3) is 0.353. The lowest BCUT2D eigenvalue weighted by molar-refractivity contribution is 0.140. The minimum atomic E-state index is -0.791. The Labute approximate surface area is 123 Å². The minimum Gasteiger partial charge on any atom is -0.292 e. The molecule has 1 saturated heterocycles. The number of piperidine rings is 1. The van der Waals surface area contributed by atoms with Gasteiger partial charge < -0.3 is 0 Å². The van der Waals surface area contributed by atoms with E-state index in [2.05, 4.69) is 16.0 Å². The molecule has 0 amide bonds. The molecule has 1 aliphatic rings. The molecule has 1 aromatic carbocycles. The van der Waals surface area contributed by atoms with Crippen LogP contribution < -0.4 is 0 Å². The van der Waals surface area contributed by atoms with Crippen LogP contribution in [0.3, 0.4) is 0 Å². The predicted octanol–water partition coefficient (Wildman–Crippen LogP) is 4.09. The van der Waals surface area contributed by atoms with Crippen molar-refractivity contribution in [2.45, 2.75) is 31.8 Å². The molecule has 4 heteroatoms. The SMILES string of the molecule is Fc1ccc(CN2CCCC[C@@H]2c2cccnc2)cc1F. The zero-order valence-electron chi connectivity index (χ0n) is 11.8. The van der Waals surface area contributed by atoms with Crippen molar-refractivity contribution >= 4 is 0 Å². The summed E-state index contributed by atoms with van der Waals surface area (Å²) >= 11 is 0. The van der Waals surface area contributed by atoms with Crippen LogP contribution in [0, 0.1) is 11.6 Å². The van der Waals surface area contributed by atoms with Gasteiger partial charge in [0.05, 0.1) is 0 Å². The Kier molecular flexibility index (Phi) is 4.25. The van der Waals surface area contributed by atoms with Crippen molar-refractivity contribution in [3.8, 4) is 0 Å². The molecule has 0 unspecified atom stereocenters. The molecule has 110 valence electrons. The van der Waals surface area contributed by atoms with Crippen LogP contribution in [0.1, 0.15) is 36.4 Å². The average Bonchev–Trinajstić information content (AvgIpc) is 2.52. The number of benzene rings is 1. The van der Waals surface area contributed by atoms with E-state index in [1.807, 2.05) is 12.3 Å². The Bertz CT molecular complexity index is 601. The molecule has 2 aromatic rings. The lowest BCUT2D eigenvalue weighted by Gasteiger charge is -2.36. The van der Waals surface area contributed by atoms with E-state index in [0.29, 0.717) is 12.6 Å². The summed E-state index contributed by atoms with van der Waals surface area (Å²) in [4.78, 5) is 6.52. The molecule has 2 nitrogen and oxygen atoms in total. The van der Waals surface area contributed by atoms with Gasteiger partial charge in [0.15, 0.2) is 11.6 Å². The Balaban J connectivity index is 1.79. The summed E-state index contributed by atoms with van der Waals surface area (Å²) < 4.78 is 26.4. The third-order valence-corrected chi connectivity index (χ3v) is 4.05. The van der Waals surface area contributed by atoms with Crippen molar-refractivity contribution in [3.63, 3.8) is 0 Å². The van der Waals surface area contributed by atoms with Crippen LogP contribution in [0.5, 0.6) is 0 Å². The molecule has 21 heavy (non-hydrogen) atoms. The van der Waals surface area contributed by atoms with Crippen molar-refractivity contribution in [2.75, 3.05) is 6.54 Å². The third kappa shape index (κ3) is 3.27. The molecule has 0 spiro atoms. The van der Waals surface area contributed by atoms with Crippen molar-refractivity contribution < 1.29 is 8.78 Å². The molecule has 1 aromatic heterocycles. The third-order valence-electron chi connectivity index (χ3n) is 4.05. The van der Waals surface area contributed by atoms with Gasteiger partial charge in [-0.2, -0.15) is 0 Å². The Morgan fingerprint density at radius 1 is 1.14 bits per heavy atom. The number of aromatic nitrogens is 1. The highest BCUT2D eigenvalue weighted by atomic mass is 19.2. The number of pyridine rings is 1. The highest BCUT2D eigenvalue weighted by molar-refractivity contribution is 5.20. The number of hydrogen-bond donors (Lipinski definition) is 0. The molecule has 0 saturated carbocycles. The van der Waals surface area contributed by atoms with Crippen LogP contribution in [-0.2, 0) is 6.54 Å². The van der Waals surface area contributed by atoms with E-state index >= 15 is 0 Å². The first-order valence-corrected chi connectivity index (χ1v) is 7.32. The molecule has 1 fully saturated rings. The van der Waals surface area contributed by atoms with Gasteiger partial charge in [0.2, 0.25) is 0 Å². The summed E-state index contributed by atoms with van der Waals surface area (Å²) in [7, 11) is 0. The van der Waals surface area contributed by atoms with E-state index in [4.69, 9.17) is 0 Å². The zero-order valence-corrected chi connectivity index (χ0v) is 11.8. The largest absolute Gasteiger partial charge is 0.292 e. The van der Waals surface area contributed by atoms with Gasteiger partial charge in [0.25, 0.3) is 0 Å². The van der Waals surface area contributed by atoms with E-state index in [-0.39, 0.29) is 0 Å². The van der Waals surface area contributed by atoms with E-state index < -0.39 is 11.6 Å². The maximum absolute atomic E-state index is 13.3. The number of nitrogens with zero attached hydrogens (tertiary/aromatic N) is 2. The van der Waals surface area contributed by atoms with Gasteiger partial charge in [0, 0.05) is 25.0 Å². The summed E-state index contributed by atoms with van der Waals surface area (Å²) in [6.07, 6.45) is 7.07. The van der Waals surface area contributed by atoms with Gasteiger partial charge in [-0.05, 0) is 48.7 Å². The molecule has 0 N–H and O–H groups in total. The Morgan fingerprint density at radius 3 is 2.81 bits per heavy atom. The number of hydrogen-bond acceptors (Lipinski definition) is 2. The quantitative estimate of drug-likeness (QED) is 0.845. The van der Waals surface area contributed by atoms with Crippen molar-refractivity contribution in [3.05, 3.63) is 65.5 Å². The van der Waals surface area contributed by atoms with E-state index in [0.717, 1.165) is 24.9 Å². The van der Waals surface area contributed by atoms with Gasteiger partial charge >= 0.3 is 0 Å². The van der Waals surface area contributed by atoms with E-state index in [9.17, 15) is 8.78 Å². The number of rotatable bonds is 3. The fourth-order valence-corrected chi connectivity index (χ4v) is 3.00. The average molecular weight is 288 g/mol. The molecule has 3 rings (SSSR count). The zero-order chi connectivity index (χ0) is 14.7. The predicted molar refractivity (Wildman–Crippen MR) is 77.6 cm³/mol. The second-order valence-electron chi connectivity index (χ2n) is 5.52. The topological polar surface area (TPSA) is 16.1 Å². The van der Waals surface area contributed by atoms with E-state index in [1.165, 1.54) is 24.1 Å². The Hall–Kier alpha value is -1.81. The van der Waals surface area contributed by atoms with Crippen molar-refractivity contribution in [1.82, 2.24) is 9.88 Å². The second-order valence-corrected chi connectivity index (χ2v) is 5.52.